The molecule has 0 saturated carbocycles. The van der Waals surface area contributed by atoms with Gasteiger partial charge >= 0.3 is 0 Å². The minimum absolute atomic E-state index is 0.112. The number of nitrogens with zero attached hydrogens (tertiary/aromatic N) is 4. The summed E-state index contributed by atoms with van der Waals surface area (Å²) in [5.41, 5.74) is 2.20. The fourth-order valence-corrected chi connectivity index (χ4v) is 3.48. The fourth-order valence-electron chi connectivity index (χ4n) is 3.48. The Kier molecular flexibility index (Phi) is 4.90. The van der Waals surface area contributed by atoms with Crippen molar-refractivity contribution in [2.24, 2.45) is 13.0 Å². The molecule has 0 unspecified atom stereocenters. The number of aromatic nitrogens is 2. The Bertz CT molecular complexity index is 721. The molecule has 1 fully saturated rings. The van der Waals surface area contributed by atoms with E-state index in [9.17, 15) is 4.79 Å². The molecule has 2 aromatic rings. The molecule has 1 amide bonds. The van der Waals surface area contributed by atoms with Crippen LogP contribution in [0.5, 0.6) is 0 Å². The van der Waals surface area contributed by atoms with Gasteiger partial charge in [0.05, 0.1) is 23.5 Å². The van der Waals surface area contributed by atoms with E-state index in [1.54, 1.807) is 0 Å². The standard InChI is InChI=1S/C19H28N4O/c1-14(2)21(3)19(24)15-8-7-11-23(12-15)13-18-20-16-9-5-6-10-17(16)22(18)4/h5-6,9-10,14-15H,7-8,11-13H2,1-4H3/t15-/m0/s1. The Morgan fingerprint density at radius 1 is 1.38 bits per heavy atom. The molecule has 0 bridgehead atoms. The van der Waals surface area contributed by atoms with E-state index in [4.69, 9.17) is 4.98 Å². The Balaban J connectivity index is 1.71. The summed E-state index contributed by atoms with van der Waals surface area (Å²) in [6, 6.07) is 8.49. The van der Waals surface area contributed by atoms with Crippen LogP contribution >= 0.6 is 0 Å². The quantitative estimate of drug-likeness (QED) is 0.866. The Morgan fingerprint density at radius 3 is 2.83 bits per heavy atom. The molecule has 130 valence electrons. The van der Waals surface area contributed by atoms with Gasteiger partial charge in [-0.05, 0) is 45.4 Å². The van der Waals surface area contributed by atoms with Gasteiger partial charge in [-0.25, -0.2) is 4.98 Å². The molecule has 5 heteroatoms. The van der Waals surface area contributed by atoms with Crippen LogP contribution in [0.4, 0.5) is 0 Å². The number of hydrogen-bond donors (Lipinski definition) is 0. The third kappa shape index (κ3) is 3.31. The Hall–Kier alpha value is -1.88. The molecular weight excluding hydrogens is 300 g/mol. The van der Waals surface area contributed by atoms with Crippen molar-refractivity contribution in [1.29, 1.82) is 0 Å². The van der Waals surface area contributed by atoms with Crippen molar-refractivity contribution in [3.8, 4) is 0 Å². The molecule has 1 atom stereocenters. The number of amides is 1. The van der Waals surface area contributed by atoms with Gasteiger partial charge in [0.25, 0.3) is 0 Å². The number of fused-ring (bicyclic) bond motifs is 1. The van der Waals surface area contributed by atoms with Gasteiger partial charge in [0, 0.05) is 26.7 Å². The number of piperidine rings is 1. The van der Waals surface area contributed by atoms with Gasteiger partial charge in [0.2, 0.25) is 5.91 Å². The smallest absolute Gasteiger partial charge is 0.226 e. The number of benzene rings is 1. The summed E-state index contributed by atoms with van der Waals surface area (Å²) in [6.07, 6.45) is 2.07. The van der Waals surface area contributed by atoms with E-state index in [0.717, 1.165) is 49.3 Å². The van der Waals surface area contributed by atoms with E-state index in [1.165, 1.54) is 0 Å². The first-order valence-corrected chi connectivity index (χ1v) is 8.86. The second-order valence-electron chi connectivity index (χ2n) is 7.19. The second-order valence-corrected chi connectivity index (χ2v) is 7.19. The number of para-hydroxylation sites is 2. The maximum atomic E-state index is 12.6. The molecule has 1 saturated heterocycles. The van der Waals surface area contributed by atoms with E-state index in [1.807, 2.05) is 24.1 Å². The number of aryl methyl sites for hydroxylation is 1. The van der Waals surface area contributed by atoms with Gasteiger partial charge in [0.1, 0.15) is 5.82 Å². The molecule has 0 spiro atoms. The predicted octanol–water partition coefficient (Wildman–Crippen LogP) is 2.65. The largest absolute Gasteiger partial charge is 0.343 e. The number of hydrogen-bond acceptors (Lipinski definition) is 3. The SMILES string of the molecule is CC(C)N(C)C(=O)[C@H]1CCCN(Cc2nc3ccccc3n2C)C1. The van der Waals surface area contributed by atoms with Crippen LogP contribution in [0.25, 0.3) is 11.0 Å². The van der Waals surface area contributed by atoms with Crippen LogP contribution in [0.1, 0.15) is 32.5 Å². The van der Waals surface area contributed by atoms with E-state index in [0.29, 0.717) is 0 Å². The molecule has 0 radical (unpaired) electrons. The van der Waals surface area contributed by atoms with Crippen molar-refractivity contribution in [3.05, 3.63) is 30.1 Å². The number of carbonyl (C=O) groups is 1. The summed E-state index contributed by atoms with van der Waals surface area (Å²) < 4.78 is 2.17. The van der Waals surface area contributed by atoms with Gasteiger partial charge in [-0.2, -0.15) is 0 Å². The summed E-state index contributed by atoms with van der Waals surface area (Å²) >= 11 is 0. The first-order valence-electron chi connectivity index (χ1n) is 8.86. The molecule has 0 aliphatic carbocycles. The van der Waals surface area contributed by atoms with E-state index >= 15 is 0 Å². The first-order chi connectivity index (χ1) is 11.5. The molecule has 24 heavy (non-hydrogen) atoms. The highest BCUT2D eigenvalue weighted by molar-refractivity contribution is 5.79. The number of carbonyl (C=O) groups excluding carboxylic acids is 1. The number of imidazole rings is 1. The predicted molar refractivity (Wildman–Crippen MR) is 96.6 cm³/mol. The van der Waals surface area contributed by atoms with Crippen LogP contribution in [-0.4, -0.2) is 51.4 Å². The molecular formula is C19H28N4O. The minimum atomic E-state index is 0.112. The highest BCUT2D eigenvalue weighted by Gasteiger charge is 2.29. The first kappa shape index (κ1) is 17.0. The zero-order valence-corrected chi connectivity index (χ0v) is 15.2. The highest BCUT2D eigenvalue weighted by atomic mass is 16.2. The van der Waals surface area contributed by atoms with Crippen LogP contribution < -0.4 is 0 Å². The summed E-state index contributed by atoms with van der Waals surface area (Å²) in [5.74, 6) is 1.46. The van der Waals surface area contributed by atoms with Crippen molar-refractivity contribution in [1.82, 2.24) is 19.4 Å². The van der Waals surface area contributed by atoms with Gasteiger partial charge in [-0.15, -0.1) is 0 Å². The Morgan fingerprint density at radius 2 is 2.12 bits per heavy atom. The lowest BCUT2D eigenvalue weighted by molar-refractivity contribution is -0.137. The second kappa shape index (κ2) is 6.93. The van der Waals surface area contributed by atoms with E-state index < -0.39 is 0 Å². The summed E-state index contributed by atoms with van der Waals surface area (Å²) in [5, 5.41) is 0. The zero-order chi connectivity index (χ0) is 17.3. The molecule has 5 nitrogen and oxygen atoms in total. The lowest BCUT2D eigenvalue weighted by atomic mass is 9.96. The van der Waals surface area contributed by atoms with Crippen molar-refractivity contribution in [2.45, 2.75) is 39.3 Å². The summed E-state index contributed by atoms with van der Waals surface area (Å²) in [4.78, 5) is 21.6. The van der Waals surface area contributed by atoms with E-state index in [2.05, 4.69) is 42.5 Å². The highest BCUT2D eigenvalue weighted by Crippen LogP contribution is 2.22. The minimum Gasteiger partial charge on any atom is -0.343 e. The molecule has 0 N–H and O–H groups in total. The number of likely N-dealkylation sites (tertiary alicyclic amines) is 1. The Labute approximate surface area is 144 Å². The van der Waals surface area contributed by atoms with Crippen LogP contribution in [0.3, 0.4) is 0 Å². The third-order valence-electron chi connectivity index (χ3n) is 5.22. The van der Waals surface area contributed by atoms with Gasteiger partial charge in [0.15, 0.2) is 0 Å². The molecule has 3 rings (SSSR count). The number of rotatable bonds is 4. The lowest BCUT2D eigenvalue weighted by Gasteiger charge is -2.34. The van der Waals surface area contributed by atoms with Gasteiger partial charge in [-0.1, -0.05) is 12.1 Å². The lowest BCUT2D eigenvalue weighted by Crippen LogP contribution is -2.45. The topological polar surface area (TPSA) is 41.4 Å². The van der Waals surface area contributed by atoms with Crippen LogP contribution in [0.2, 0.25) is 0 Å². The maximum Gasteiger partial charge on any atom is 0.226 e. The fraction of sp³-hybridized carbons (Fsp3) is 0.579. The summed E-state index contributed by atoms with van der Waals surface area (Å²) in [7, 11) is 3.99. The van der Waals surface area contributed by atoms with Crippen LogP contribution in [-0.2, 0) is 18.4 Å². The maximum absolute atomic E-state index is 12.6. The van der Waals surface area contributed by atoms with Crippen molar-refractivity contribution >= 4 is 16.9 Å². The van der Waals surface area contributed by atoms with Gasteiger partial charge in [-0.3, -0.25) is 9.69 Å². The zero-order valence-electron chi connectivity index (χ0n) is 15.2. The summed E-state index contributed by atoms with van der Waals surface area (Å²) in [6.45, 7) is 6.81. The molecule has 1 aromatic heterocycles. The normalized spacial score (nSPS) is 19.1. The molecule has 1 aliphatic heterocycles. The van der Waals surface area contributed by atoms with E-state index in [-0.39, 0.29) is 17.9 Å². The van der Waals surface area contributed by atoms with Crippen LogP contribution in [0, 0.1) is 5.92 Å². The van der Waals surface area contributed by atoms with Crippen molar-refractivity contribution in [3.63, 3.8) is 0 Å². The average Bonchev–Trinajstić information content (AvgIpc) is 2.90. The molecule has 1 aromatic carbocycles. The van der Waals surface area contributed by atoms with Crippen molar-refractivity contribution < 1.29 is 4.79 Å². The van der Waals surface area contributed by atoms with Crippen LogP contribution in [0.15, 0.2) is 24.3 Å². The monoisotopic (exact) mass is 328 g/mol. The average molecular weight is 328 g/mol. The molecule has 1 aliphatic rings. The van der Waals surface area contributed by atoms with Crippen molar-refractivity contribution in [2.75, 3.05) is 20.1 Å². The third-order valence-corrected chi connectivity index (χ3v) is 5.22. The molecule has 2 heterocycles. The van der Waals surface area contributed by atoms with Gasteiger partial charge < -0.3 is 9.47 Å².